The Morgan fingerprint density at radius 3 is 2.67 bits per heavy atom. The number of nitrogens with one attached hydrogen (secondary N) is 1. The van der Waals surface area contributed by atoms with Gasteiger partial charge in [0.2, 0.25) is 0 Å². The molecule has 110 valence electrons. The van der Waals surface area contributed by atoms with Crippen LogP contribution in [0.5, 0.6) is 5.75 Å². The summed E-state index contributed by atoms with van der Waals surface area (Å²) < 4.78 is 5.72. The van der Waals surface area contributed by atoms with Crippen LogP contribution in [0.1, 0.15) is 12.5 Å². The Balaban J connectivity index is 2.01. The first-order valence-electron chi connectivity index (χ1n) is 6.77. The maximum absolute atomic E-state index is 12.2. The second-order valence-electron chi connectivity index (χ2n) is 4.75. The lowest BCUT2D eigenvalue weighted by molar-refractivity contribution is -0.122. The summed E-state index contributed by atoms with van der Waals surface area (Å²) in [5, 5.41) is 2.88. The van der Waals surface area contributed by atoms with Crippen molar-refractivity contribution >= 4 is 23.4 Å². The van der Waals surface area contributed by atoms with Gasteiger partial charge in [-0.05, 0) is 49.9 Å². The molecule has 0 saturated heterocycles. The van der Waals surface area contributed by atoms with E-state index in [9.17, 15) is 4.79 Å². The standard InChI is InChI=1S/C17H19NO2S/c1-12-7-4-5-10-16(12)20-13(2)17(19)18-14-8-6-9-15(11-14)21-3/h4-11,13H,1-3H3,(H,18,19)/t13-/m0/s1. The third-order valence-corrected chi connectivity index (χ3v) is 3.83. The molecule has 0 bridgehead atoms. The van der Waals surface area contributed by atoms with E-state index < -0.39 is 6.10 Å². The summed E-state index contributed by atoms with van der Waals surface area (Å²) in [6.45, 7) is 3.71. The van der Waals surface area contributed by atoms with E-state index in [4.69, 9.17) is 4.74 Å². The Hall–Kier alpha value is -1.94. The lowest BCUT2D eigenvalue weighted by Crippen LogP contribution is -2.30. The van der Waals surface area contributed by atoms with Gasteiger partial charge in [0.1, 0.15) is 5.75 Å². The van der Waals surface area contributed by atoms with Crippen molar-refractivity contribution in [2.24, 2.45) is 0 Å². The number of para-hydroxylation sites is 1. The Morgan fingerprint density at radius 2 is 1.95 bits per heavy atom. The smallest absolute Gasteiger partial charge is 0.265 e. The van der Waals surface area contributed by atoms with Gasteiger partial charge in [0, 0.05) is 10.6 Å². The third-order valence-electron chi connectivity index (χ3n) is 3.10. The fraction of sp³-hybridized carbons (Fsp3) is 0.235. The van der Waals surface area contributed by atoms with Crippen LogP contribution in [0, 0.1) is 6.92 Å². The summed E-state index contributed by atoms with van der Waals surface area (Å²) in [6, 6.07) is 15.4. The second kappa shape index (κ2) is 7.18. The average Bonchev–Trinajstić information content (AvgIpc) is 2.49. The van der Waals surface area contributed by atoms with Crippen LogP contribution in [0.3, 0.4) is 0 Å². The number of aryl methyl sites for hydroxylation is 1. The van der Waals surface area contributed by atoms with Crippen molar-refractivity contribution in [1.29, 1.82) is 0 Å². The molecule has 0 aromatic heterocycles. The van der Waals surface area contributed by atoms with Gasteiger partial charge in [0.15, 0.2) is 6.10 Å². The number of anilines is 1. The summed E-state index contributed by atoms with van der Waals surface area (Å²) in [4.78, 5) is 13.3. The molecule has 2 rings (SSSR count). The number of amides is 1. The van der Waals surface area contributed by atoms with Gasteiger partial charge in [-0.25, -0.2) is 0 Å². The van der Waals surface area contributed by atoms with Crippen LogP contribution in [-0.2, 0) is 4.79 Å². The Kier molecular flexibility index (Phi) is 5.28. The van der Waals surface area contributed by atoms with Crippen LogP contribution in [0.2, 0.25) is 0 Å². The quantitative estimate of drug-likeness (QED) is 0.844. The lowest BCUT2D eigenvalue weighted by atomic mass is 10.2. The fourth-order valence-electron chi connectivity index (χ4n) is 1.88. The molecule has 1 N–H and O–H groups in total. The number of thioether (sulfide) groups is 1. The summed E-state index contributed by atoms with van der Waals surface area (Å²) in [7, 11) is 0. The van der Waals surface area contributed by atoms with E-state index in [2.05, 4.69) is 5.32 Å². The largest absolute Gasteiger partial charge is 0.481 e. The first-order valence-corrected chi connectivity index (χ1v) is 8.00. The molecule has 0 aliphatic carbocycles. The Labute approximate surface area is 129 Å². The summed E-state index contributed by atoms with van der Waals surface area (Å²) in [5.74, 6) is 0.578. The van der Waals surface area contributed by atoms with E-state index in [0.29, 0.717) is 0 Å². The first-order chi connectivity index (χ1) is 10.1. The monoisotopic (exact) mass is 301 g/mol. The van der Waals surface area contributed by atoms with Crippen molar-refractivity contribution in [3.8, 4) is 5.75 Å². The topological polar surface area (TPSA) is 38.3 Å². The number of ether oxygens (including phenoxy) is 1. The molecule has 0 radical (unpaired) electrons. The minimum Gasteiger partial charge on any atom is -0.481 e. The van der Waals surface area contributed by atoms with E-state index in [1.54, 1.807) is 18.7 Å². The van der Waals surface area contributed by atoms with Crippen molar-refractivity contribution in [2.45, 2.75) is 24.8 Å². The van der Waals surface area contributed by atoms with Gasteiger partial charge in [0.25, 0.3) is 5.91 Å². The average molecular weight is 301 g/mol. The molecule has 1 amide bonds. The molecule has 0 fully saturated rings. The minimum absolute atomic E-state index is 0.156. The molecule has 2 aromatic carbocycles. The zero-order chi connectivity index (χ0) is 15.2. The Morgan fingerprint density at radius 1 is 1.19 bits per heavy atom. The molecule has 0 saturated carbocycles. The highest BCUT2D eigenvalue weighted by atomic mass is 32.2. The normalized spacial score (nSPS) is 11.8. The molecule has 4 heteroatoms. The van der Waals surface area contributed by atoms with E-state index >= 15 is 0 Å². The number of rotatable bonds is 5. The molecule has 0 spiro atoms. The molecular formula is C17H19NO2S. The van der Waals surface area contributed by atoms with Crippen molar-refractivity contribution < 1.29 is 9.53 Å². The maximum atomic E-state index is 12.2. The minimum atomic E-state index is -0.552. The summed E-state index contributed by atoms with van der Waals surface area (Å²) in [6.07, 6.45) is 1.45. The number of carbonyl (C=O) groups is 1. The summed E-state index contributed by atoms with van der Waals surface area (Å²) >= 11 is 1.64. The molecule has 0 aliphatic heterocycles. The zero-order valence-corrected chi connectivity index (χ0v) is 13.2. The lowest BCUT2D eigenvalue weighted by Gasteiger charge is -2.16. The summed E-state index contributed by atoms with van der Waals surface area (Å²) in [5.41, 5.74) is 1.80. The van der Waals surface area contributed by atoms with Crippen molar-refractivity contribution in [2.75, 3.05) is 11.6 Å². The van der Waals surface area contributed by atoms with Gasteiger partial charge >= 0.3 is 0 Å². The molecule has 0 aliphatic rings. The predicted molar refractivity (Wildman–Crippen MR) is 88.1 cm³/mol. The fourth-order valence-corrected chi connectivity index (χ4v) is 2.34. The maximum Gasteiger partial charge on any atom is 0.265 e. The van der Waals surface area contributed by atoms with Gasteiger partial charge < -0.3 is 10.1 Å². The van der Waals surface area contributed by atoms with Crippen molar-refractivity contribution in [3.63, 3.8) is 0 Å². The van der Waals surface area contributed by atoms with Crippen LogP contribution in [0.15, 0.2) is 53.4 Å². The Bertz CT molecular complexity index is 628. The van der Waals surface area contributed by atoms with Gasteiger partial charge in [-0.15, -0.1) is 11.8 Å². The number of benzene rings is 2. The molecule has 21 heavy (non-hydrogen) atoms. The highest BCUT2D eigenvalue weighted by Gasteiger charge is 2.15. The van der Waals surface area contributed by atoms with Crippen LogP contribution in [0.25, 0.3) is 0 Å². The molecular weight excluding hydrogens is 282 g/mol. The van der Waals surface area contributed by atoms with Gasteiger partial charge in [-0.3, -0.25) is 4.79 Å². The predicted octanol–water partition coefficient (Wildman–Crippen LogP) is 4.12. The van der Waals surface area contributed by atoms with Crippen LogP contribution in [0.4, 0.5) is 5.69 Å². The van der Waals surface area contributed by atoms with Gasteiger partial charge in [-0.2, -0.15) is 0 Å². The third kappa shape index (κ3) is 4.26. The number of hydrogen-bond donors (Lipinski definition) is 1. The number of carbonyl (C=O) groups excluding carboxylic acids is 1. The zero-order valence-electron chi connectivity index (χ0n) is 12.4. The SMILES string of the molecule is CSc1cccc(NC(=O)[C@H](C)Oc2ccccc2C)c1. The molecule has 1 atom stereocenters. The van der Waals surface area contributed by atoms with E-state index in [1.807, 2.05) is 61.7 Å². The van der Waals surface area contributed by atoms with Crippen molar-refractivity contribution in [3.05, 3.63) is 54.1 Å². The first kappa shape index (κ1) is 15.4. The van der Waals surface area contributed by atoms with Crippen LogP contribution in [-0.4, -0.2) is 18.3 Å². The van der Waals surface area contributed by atoms with Crippen LogP contribution >= 0.6 is 11.8 Å². The van der Waals surface area contributed by atoms with E-state index in [0.717, 1.165) is 21.9 Å². The van der Waals surface area contributed by atoms with Crippen molar-refractivity contribution in [1.82, 2.24) is 0 Å². The molecule has 0 unspecified atom stereocenters. The van der Waals surface area contributed by atoms with Gasteiger partial charge in [0.05, 0.1) is 0 Å². The highest BCUT2D eigenvalue weighted by Crippen LogP contribution is 2.20. The van der Waals surface area contributed by atoms with Gasteiger partial charge in [-0.1, -0.05) is 24.3 Å². The molecule has 0 heterocycles. The number of hydrogen-bond acceptors (Lipinski definition) is 3. The molecule has 3 nitrogen and oxygen atoms in total. The van der Waals surface area contributed by atoms with E-state index in [1.165, 1.54) is 0 Å². The second-order valence-corrected chi connectivity index (χ2v) is 5.63. The van der Waals surface area contributed by atoms with E-state index in [-0.39, 0.29) is 5.91 Å². The highest BCUT2D eigenvalue weighted by molar-refractivity contribution is 7.98. The van der Waals surface area contributed by atoms with Crippen LogP contribution < -0.4 is 10.1 Å². The molecule has 2 aromatic rings.